The van der Waals surface area contributed by atoms with Crippen molar-refractivity contribution in [2.24, 2.45) is 0 Å². The van der Waals surface area contributed by atoms with E-state index in [1.54, 1.807) is 6.08 Å². The molecule has 0 aliphatic heterocycles. The molecule has 7 aromatic rings. The normalized spacial score (nSPS) is 14.0. The lowest BCUT2D eigenvalue weighted by atomic mass is 9.82. The third kappa shape index (κ3) is 4.66. The molecule has 3 nitrogen and oxygen atoms in total. The van der Waals surface area contributed by atoms with E-state index in [1.165, 1.54) is 22.3 Å². The van der Waals surface area contributed by atoms with Crippen LogP contribution in [0.25, 0.3) is 39.1 Å². The minimum Gasteiger partial charge on any atom is -0.310 e. The highest BCUT2D eigenvalue weighted by Gasteiger charge is 2.36. The standard InChI is InChI=1S/C47H33NO2/c1-47(2)42-18-10-8-17-37(42)38-25-24-35(29-43(38)47)48(44-19-11-9-16-36(44)31-12-4-3-5-13-31)34-22-20-30(21-23-34)26-41-45(49)39-27-32-14-6-7-15-33(32)28-40(39)46(41)50/h3-29H,1-2H3. The zero-order valence-electron chi connectivity index (χ0n) is 27.9. The van der Waals surface area contributed by atoms with E-state index in [0.29, 0.717) is 11.1 Å². The van der Waals surface area contributed by atoms with Gasteiger partial charge < -0.3 is 4.90 Å². The number of hydrogen-bond acceptors (Lipinski definition) is 3. The Labute approximate surface area is 291 Å². The summed E-state index contributed by atoms with van der Waals surface area (Å²) < 4.78 is 0. The van der Waals surface area contributed by atoms with Crippen LogP contribution >= 0.6 is 0 Å². The van der Waals surface area contributed by atoms with Crippen LogP contribution in [0.1, 0.15) is 51.3 Å². The lowest BCUT2D eigenvalue weighted by Gasteiger charge is -2.30. The van der Waals surface area contributed by atoms with Gasteiger partial charge in [-0.3, -0.25) is 9.59 Å². The highest BCUT2D eigenvalue weighted by molar-refractivity contribution is 6.42. The van der Waals surface area contributed by atoms with Gasteiger partial charge in [-0.15, -0.1) is 0 Å². The predicted octanol–water partition coefficient (Wildman–Crippen LogP) is 11.7. The minimum atomic E-state index is -0.222. The maximum atomic E-state index is 13.5. The number of anilines is 3. The monoisotopic (exact) mass is 643 g/mol. The van der Waals surface area contributed by atoms with Gasteiger partial charge in [-0.25, -0.2) is 0 Å². The van der Waals surface area contributed by atoms with Crippen molar-refractivity contribution in [3.63, 3.8) is 0 Å². The number of ketones is 2. The fourth-order valence-electron chi connectivity index (χ4n) is 7.82. The first-order chi connectivity index (χ1) is 24.4. The highest BCUT2D eigenvalue weighted by Crippen LogP contribution is 2.51. The molecule has 9 rings (SSSR count). The maximum absolute atomic E-state index is 13.5. The fourth-order valence-corrected chi connectivity index (χ4v) is 7.82. The van der Waals surface area contributed by atoms with E-state index in [-0.39, 0.29) is 22.6 Å². The molecule has 0 heterocycles. The number of nitrogens with zero attached hydrogens (tertiary/aromatic N) is 1. The van der Waals surface area contributed by atoms with Gasteiger partial charge in [0, 0.05) is 33.5 Å². The zero-order chi connectivity index (χ0) is 34.0. The molecule has 0 fully saturated rings. The second-order valence-electron chi connectivity index (χ2n) is 13.7. The topological polar surface area (TPSA) is 37.4 Å². The average Bonchev–Trinajstić information content (AvgIpc) is 3.53. The number of rotatable bonds is 5. The molecule has 2 aliphatic carbocycles. The Balaban J connectivity index is 1.15. The third-order valence-electron chi connectivity index (χ3n) is 10.4. The van der Waals surface area contributed by atoms with Crippen molar-refractivity contribution in [2.75, 3.05) is 4.90 Å². The Morgan fingerprint density at radius 3 is 1.74 bits per heavy atom. The molecule has 0 bridgehead atoms. The molecule has 238 valence electrons. The van der Waals surface area contributed by atoms with Crippen molar-refractivity contribution in [3.8, 4) is 22.3 Å². The van der Waals surface area contributed by atoms with Crippen LogP contribution in [-0.4, -0.2) is 11.6 Å². The number of hydrogen-bond donors (Lipinski definition) is 0. The summed E-state index contributed by atoms with van der Waals surface area (Å²) in [5.74, 6) is -0.444. The van der Waals surface area contributed by atoms with Gasteiger partial charge in [-0.05, 0) is 92.7 Å². The van der Waals surface area contributed by atoms with Crippen LogP contribution in [0.5, 0.6) is 0 Å². The molecule has 2 aliphatic rings. The van der Waals surface area contributed by atoms with Crippen LogP contribution in [0.2, 0.25) is 0 Å². The van der Waals surface area contributed by atoms with Gasteiger partial charge in [0.15, 0.2) is 11.6 Å². The molecular weight excluding hydrogens is 611 g/mol. The maximum Gasteiger partial charge on any atom is 0.197 e. The second kappa shape index (κ2) is 11.4. The summed E-state index contributed by atoms with van der Waals surface area (Å²) >= 11 is 0. The lowest BCUT2D eigenvalue weighted by Crippen LogP contribution is -2.16. The van der Waals surface area contributed by atoms with E-state index >= 15 is 0 Å². The zero-order valence-corrected chi connectivity index (χ0v) is 27.9. The van der Waals surface area contributed by atoms with Crippen molar-refractivity contribution in [1.82, 2.24) is 0 Å². The molecule has 0 unspecified atom stereocenters. The van der Waals surface area contributed by atoms with Crippen LogP contribution in [0.4, 0.5) is 17.1 Å². The van der Waals surface area contributed by atoms with Gasteiger partial charge in [-0.2, -0.15) is 0 Å². The summed E-state index contributed by atoms with van der Waals surface area (Å²) in [4.78, 5) is 29.3. The van der Waals surface area contributed by atoms with Gasteiger partial charge >= 0.3 is 0 Å². The number of carbonyl (C=O) groups excluding carboxylic acids is 2. The average molecular weight is 644 g/mol. The minimum absolute atomic E-state index is 0.146. The van der Waals surface area contributed by atoms with Gasteiger partial charge in [0.2, 0.25) is 0 Å². The Kier molecular flexibility index (Phi) is 6.79. The van der Waals surface area contributed by atoms with Crippen molar-refractivity contribution in [1.29, 1.82) is 0 Å². The molecule has 7 aromatic carbocycles. The summed E-state index contributed by atoms with van der Waals surface area (Å²) in [5.41, 5.74) is 12.3. The SMILES string of the molecule is CC1(C)c2ccccc2-c2ccc(N(c3ccc(C=C4C(=O)c5cc6ccccc6cc5C4=O)cc3)c3ccccc3-c3ccccc3)cc21. The number of allylic oxidation sites excluding steroid dienone is 1. The number of benzene rings is 7. The van der Waals surface area contributed by atoms with E-state index in [9.17, 15) is 9.59 Å². The first kappa shape index (κ1) is 29.8. The van der Waals surface area contributed by atoms with Gasteiger partial charge in [0.05, 0.1) is 11.3 Å². The summed E-state index contributed by atoms with van der Waals surface area (Å²) in [5, 5.41) is 1.90. The summed E-state index contributed by atoms with van der Waals surface area (Å²) in [6.07, 6.45) is 1.73. The van der Waals surface area contributed by atoms with E-state index < -0.39 is 0 Å². The predicted molar refractivity (Wildman–Crippen MR) is 205 cm³/mol. The van der Waals surface area contributed by atoms with Crippen molar-refractivity contribution >= 4 is 45.5 Å². The number of fused-ring (bicyclic) bond motifs is 5. The molecular formula is C47H33NO2. The van der Waals surface area contributed by atoms with Crippen LogP contribution < -0.4 is 4.90 Å². The van der Waals surface area contributed by atoms with Gasteiger partial charge in [0.25, 0.3) is 0 Å². The van der Waals surface area contributed by atoms with Crippen molar-refractivity contribution in [2.45, 2.75) is 19.3 Å². The Hall–Kier alpha value is -6.32. The van der Waals surface area contributed by atoms with Crippen LogP contribution in [-0.2, 0) is 5.41 Å². The molecule has 0 atom stereocenters. The largest absolute Gasteiger partial charge is 0.310 e. The molecule has 50 heavy (non-hydrogen) atoms. The molecule has 0 N–H and O–H groups in total. The smallest absolute Gasteiger partial charge is 0.197 e. The first-order valence-corrected chi connectivity index (χ1v) is 17.0. The van der Waals surface area contributed by atoms with Crippen LogP contribution in [0, 0.1) is 0 Å². The number of Topliss-reactive ketones (excluding diaryl/α,β-unsaturated/α-hetero) is 2. The number of carbonyl (C=O) groups is 2. The second-order valence-corrected chi connectivity index (χ2v) is 13.7. The van der Waals surface area contributed by atoms with Crippen molar-refractivity contribution < 1.29 is 9.59 Å². The fraction of sp³-hybridized carbons (Fsp3) is 0.0638. The Bertz CT molecular complexity index is 2480. The Morgan fingerprint density at radius 2 is 1.04 bits per heavy atom. The van der Waals surface area contributed by atoms with E-state index in [1.807, 2.05) is 54.6 Å². The Morgan fingerprint density at radius 1 is 0.480 bits per heavy atom. The van der Waals surface area contributed by atoms with Crippen molar-refractivity contribution in [3.05, 3.63) is 191 Å². The summed E-state index contributed by atoms with van der Waals surface area (Å²) in [6, 6.07) is 54.1. The lowest BCUT2D eigenvalue weighted by molar-refractivity contribution is 0.0990. The quantitative estimate of drug-likeness (QED) is 0.138. The first-order valence-electron chi connectivity index (χ1n) is 17.0. The highest BCUT2D eigenvalue weighted by atomic mass is 16.2. The molecule has 0 spiro atoms. The van der Waals surface area contributed by atoms with E-state index in [4.69, 9.17) is 0 Å². The molecule has 3 heteroatoms. The molecule has 0 saturated heterocycles. The number of para-hydroxylation sites is 1. The molecule has 0 amide bonds. The van der Waals surface area contributed by atoms with Gasteiger partial charge in [-0.1, -0.05) is 129 Å². The third-order valence-corrected chi connectivity index (χ3v) is 10.4. The van der Waals surface area contributed by atoms with E-state index in [0.717, 1.165) is 44.5 Å². The van der Waals surface area contributed by atoms with Crippen LogP contribution in [0.15, 0.2) is 163 Å². The molecule has 0 aromatic heterocycles. The van der Waals surface area contributed by atoms with Crippen LogP contribution in [0.3, 0.4) is 0 Å². The summed E-state index contributed by atoms with van der Waals surface area (Å²) in [7, 11) is 0. The molecule has 0 radical (unpaired) electrons. The van der Waals surface area contributed by atoms with E-state index in [2.05, 4.69) is 122 Å². The van der Waals surface area contributed by atoms with Gasteiger partial charge in [0.1, 0.15) is 0 Å². The summed E-state index contributed by atoms with van der Waals surface area (Å²) in [6.45, 7) is 4.61. The molecule has 0 saturated carbocycles.